The van der Waals surface area contributed by atoms with E-state index in [9.17, 15) is 4.79 Å². The molecule has 2 unspecified atom stereocenters. The van der Waals surface area contributed by atoms with Crippen LogP contribution in [0.1, 0.15) is 28.3 Å². The van der Waals surface area contributed by atoms with Crippen LogP contribution in [-0.4, -0.2) is 21.3 Å². The van der Waals surface area contributed by atoms with E-state index in [1.54, 1.807) is 23.9 Å². The fraction of sp³-hybridized carbons (Fsp3) is 0.200. The molecule has 1 aliphatic carbocycles. The van der Waals surface area contributed by atoms with Crippen LogP contribution in [0.25, 0.3) is 0 Å². The van der Waals surface area contributed by atoms with Gasteiger partial charge in [0.15, 0.2) is 0 Å². The number of aromatic carboxylic acids is 1. The highest BCUT2D eigenvalue weighted by molar-refractivity contribution is 8.00. The van der Waals surface area contributed by atoms with E-state index in [1.165, 1.54) is 11.8 Å². The smallest absolute Gasteiger partial charge is 0.337 e. The number of carbonyl (C=O) groups is 1. The standard InChI is InChI=1S/C15H13NO2S/c17-15(18)11-6-7-14(16-9-11)19-13-8-12(13)10-4-2-1-3-5-10/h1-7,9,12-13H,8H2,(H,17,18). The number of carboxylic acid groups (broad SMARTS) is 1. The van der Waals surface area contributed by atoms with E-state index in [4.69, 9.17) is 5.11 Å². The van der Waals surface area contributed by atoms with Crippen LogP contribution in [0.5, 0.6) is 0 Å². The van der Waals surface area contributed by atoms with E-state index >= 15 is 0 Å². The fourth-order valence-corrected chi connectivity index (χ4v) is 3.28. The predicted octanol–water partition coefficient (Wildman–Crippen LogP) is 3.43. The van der Waals surface area contributed by atoms with Crippen molar-refractivity contribution in [1.82, 2.24) is 4.98 Å². The quantitative estimate of drug-likeness (QED) is 0.925. The average Bonchev–Trinajstić information content (AvgIpc) is 3.20. The molecule has 1 fully saturated rings. The lowest BCUT2D eigenvalue weighted by Crippen LogP contribution is -1.97. The normalized spacial score (nSPS) is 21.1. The van der Waals surface area contributed by atoms with E-state index in [0.29, 0.717) is 11.2 Å². The van der Waals surface area contributed by atoms with Gasteiger partial charge in [0.2, 0.25) is 0 Å². The average molecular weight is 271 g/mol. The number of carboxylic acids is 1. The minimum Gasteiger partial charge on any atom is -0.478 e. The SMILES string of the molecule is O=C(O)c1ccc(SC2CC2c2ccccc2)nc1. The molecular formula is C15H13NO2S. The van der Waals surface area contributed by atoms with Crippen molar-refractivity contribution in [2.24, 2.45) is 0 Å². The third kappa shape index (κ3) is 2.79. The number of hydrogen-bond donors (Lipinski definition) is 1. The maximum Gasteiger partial charge on any atom is 0.337 e. The summed E-state index contributed by atoms with van der Waals surface area (Å²) in [6.45, 7) is 0. The second kappa shape index (κ2) is 5.05. The molecule has 0 saturated heterocycles. The van der Waals surface area contributed by atoms with Gasteiger partial charge in [0.1, 0.15) is 0 Å². The molecule has 4 heteroatoms. The van der Waals surface area contributed by atoms with Crippen molar-refractivity contribution in [2.75, 3.05) is 0 Å². The molecule has 0 amide bonds. The second-order valence-electron chi connectivity index (χ2n) is 4.60. The van der Waals surface area contributed by atoms with Crippen LogP contribution in [0.2, 0.25) is 0 Å². The van der Waals surface area contributed by atoms with Gasteiger partial charge in [-0.2, -0.15) is 0 Å². The lowest BCUT2D eigenvalue weighted by molar-refractivity contribution is 0.0696. The van der Waals surface area contributed by atoms with E-state index in [1.807, 2.05) is 6.07 Å². The third-order valence-corrected chi connectivity index (χ3v) is 4.52. The molecule has 1 heterocycles. The molecule has 0 bridgehead atoms. The van der Waals surface area contributed by atoms with Gasteiger partial charge in [0, 0.05) is 11.4 Å². The minimum absolute atomic E-state index is 0.236. The Morgan fingerprint density at radius 1 is 1.21 bits per heavy atom. The Morgan fingerprint density at radius 2 is 2.00 bits per heavy atom. The Hall–Kier alpha value is -1.81. The highest BCUT2D eigenvalue weighted by atomic mass is 32.2. The zero-order chi connectivity index (χ0) is 13.2. The van der Waals surface area contributed by atoms with Gasteiger partial charge in [-0.15, -0.1) is 11.8 Å². The first-order valence-electron chi connectivity index (χ1n) is 6.15. The van der Waals surface area contributed by atoms with Gasteiger partial charge in [-0.05, 0) is 30.0 Å². The number of thioether (sulfide) groups is 1. The van der Waals surface area contributed by atoms with E-state index in [0.717, 1.165) is 11.4 Å². The summed E-state index contributed by atoms with van der Waals surface area (Å²) >= 11 is 1.73. The fourth-order valence-electron chi connectivity index (χ4n) is 2.08. The van der Waals surface area contributed by atoms with Gasteiger partial charge in [0.25, 0.3) is 0 Å². The lowest BCUT2D eigenvalue weighted by Gasteiger charge is -2.01. The lowest BCUT2D eigenvalue weighted by atomic mass is 10.1. The van der Waals surface area contributed by atoms with Crippen LogP contribution >= 0.6 is 11.8 Å². The summed E-state index contributed by atoms with van der Waals surface area (Å²) in [4.78, 5) is 14.9. The molecule has 0 spiro atoms. The molecule has 1 aliphatic rings. The molecule has 0 radical (unpaired) electrons. The third-order valence-electron chi connectivity index (χ3n) is 3.22. The molecule has 2 aromatic rings. The van der Waals surface area contributed by atoms with Crippen molar-refractivity contribution < 1.29 is 9.90 Å². The summed E-state index contributed by atoms with van der Waals surface area (Å²) in [5.74, 6) is -0.329. The van der Waals surface area contributed by atoms with Crippen LogP contribution < -0.4 is 0 Å². The predicted molar refractivity (Wildman–Crippen MR) is 74.6 cm³/mol. The zero-order valence-corrected chi connectivity index (χ0v) is 11.0. The van der Waals surface area contributed by atoms with Crippen molar-refractivity contribution in [1.29, 1.82) is 0 Å². The van der Waals surface area contributed by atoms with Crippen molar-refractivity contribution in [3.05, 3.63) is 59.8 Å². The largest absolute Gasteiger partial charge is 0.478 e. The molecule has 1 aromatic heterocycles. The van der Waals surface area contributed by atoms with Crippen molar-refractivity contribution >= 4 is 17.7 Å². The number of nitrogens with zero attached hydrogens (tertiary/aromatic N) is 1. The molecule has 0 aliphatic heterocycles. The Bertz CT molecular complexity index is 583. The Kier molecular flexibility index (Phi) is 3.25. The highest BCUT2D eigenvalue weighted by Crippen LogP contribution is 2.51. The molecule has 1 N–H and O–H groups in total. The van der Waals surface area contributed by atoms with E-state index in [-0.39, 0.29) is 5.56 Å². The monoisotopic (exact) mass is 271 g/mol. The number of pyridine rings is 1. The van der Waals surface area contributed by atoms with Gasteiger partial charge < -0.3 is 5.11 Å². The van der Waals surface area contributed by atoms with Gasteiger partial charge in [-0.3, -0.25) is 0 Å². The summed E-state index contributed by atoms with van der Waals surface area (Å²) in [7, 11) is 0. The van der Waals surface area contributed by atoms with Crippen LogP contribution in [0, 0.1) is 0 Å². The van der Waals surface area contributed by atoms with E-state index < -0.39 is 5.97 Å². The van der Waals surface area contributed by atoms with Crippen LogP contribution in [0.3, 0.4) is 0 Å². The van der Waals surface area contributed by atoms with E-state index in [2.05, 4.69) is 29.2 Å². The first kappa shape index (κ1) is 12.2. The Balaban J connectivity index is 1.63. The van der Waals surface area contributed by atoms with Crippen LogP contribution in [0.15, 0.2) is 53.7 Å². The molecule has 1 aromatic carbocycles. The maximum atomic E-state index is 10.7. The summed E-state index contributed by atoms with van der Waals surface area (Å²) in [5.41, 5.74) is 1.61. The molecule has 1 saturated carbocycles. The molecule has 96 valence electrons. The summed E-state index contributed by atoms with van der Waals surface area (Å²) < 4.78 is 0. The van der Waals surface area contributed by atoms with Gasteiger partial charge >= 0.3 is 5.97 Å². The second-order valence-corrected chi connectivity index (χ2v) is 5.86. The first-order valence-corrected chi connectivity index (χ1v) is 7.03. The topological polar surface area (TPSA) is 50.2 Å². The number of hydrogen-bond acceptors (Lipinski definition) is 3. The Labute approximate surface area is 115 Å². The molecule has 3 rings (SSSR count). The molecule has 19 heavy (non-hydrogen) atoms. The molecular weight excluding hydrogens is 258 g/mol. The van der Waals surface area contributed by atoms with Gasteiger partial charge in [-0.1, -0.05) is 30.3 Å². The van der Waals surface area contributed by atoms with Crippen LogP contribution in [-0.2, 0) is 0 Å². The summed E-state index contributed by atoms with van der Waals surface area (Å²) in [6.07, 6.45) is 2.58. The number of aromatic nitrogens is 1. The summed E-state index contributed by atoms with van der Waals surface area (Å²) in [5, 5.41) is 10.3. The number of rotatable bonds is 4. The van der Waals surface area contributed by atoms with Gasteiger partial charge in [0.05, 0.1) is 10.6 Å². The number of benzene rings is 1. The maximum absolute atomic E-state index is 10.7. The zero-order valence-electron chi connectivity index (χ0n) is 10.2. The van der Waals surface area contributed by atoms with Crippen molar-refractivity contribution in [3.8, 4) is 0 Å². The Morgan fingerprint density at radius 3 is 2.63 bits per heavy atom. The minimum atomic E-state index is -0.933. The molecule has 2 atom stereocenters. The van der Waals surface area contributed by atoms with Crippen molar-refractivity contribution in [3.63, 3.8) is 0 Å². The summed E-state index contributed by atoms with van der Waals surface area (Å²) in [6, 6.07) is 13.9. The highest BCUT2D eigenvalue weighted by Gasteiger charge is 2.39. The first-order chi connectivity index (χ1) is 9.24. The van der Waals surface area contributed by atoms with Crippen LogP contribution in [0.4, 0.5) is 0 Å². The van der Waals surface area contributed by atoms with Crippen molar-refractivity contribution in [2.45, 2.75) is 22.6 Å². The van der Waals surface area contributed by atoms with Gasteiger partial charge in [-0.25, -0.2) is 9.78 Å². The molecule has 3 nitrogen and oxygen atoms in total.